The monoisotopic (exact) mass is 296 g/mol. The van der Waals surface area contributed by atoms with Gasteiger partial charge in [-0.3, -0.25) is 0 Å². The van der Waals surface area contributed by atoms with Crippen LogP contribution in [0.4, 0.5) is 0 Å². The van der Waals surface area contributed by atoms with Gasteiger partial charge in [-0.25, -0.2) is 0 Å². The number of ether oxygens (including phenoxy) is 2. The van der Waals surface area contributed by atoms with Gasteiger partial charge in [0.05, 0.1) is 18.8 Å². The number of benzene rings is 1. The summed E-state index contributed by atoms with van der Waals surface area (Å²) in [6.45, 7) is 5.37. The lowest BCUT2D eigenvalue weighted by molar-refractivity contribution is -0.204. The normalized spacial score (nSPS) is 21.8. The predicted octanol–water partition coefficient (Wildman–Crippen LogP) is 2.83. The first-order valence-electron chi connectivity index (χ1n) is 7.73. The van der Waals surface area contributed by atoms with Crippen LogP contribution < -0.4 is 0 Å². The van der Waals surface area contributed by atoms with Crippen molar-refractivity contribution in [3.8, 4) is 0 Å². The number of hydrogen-bond donors (Lipinski definition) is 2. The van der Waals surface area contributed by atoms with Crippen LogP contribution in [0.5, 0.6) is 0 Å². The maximum atomic E-state index is 10.7. The minimum atomic E-state index is -0.707. The third-order valence-corrected chi connectivity index (χ3v) is 3.96. The van der Waals surface area contributed by atoms with E-state index in [-0.39, 0.29) is 0 Å². The molecular weight excluding hydrogens is 268 g/mol. The lowest BCUT2D eigenvalue weighted by Gasteiger charge is -2.40. The fourth-order valence-corrected chi connectivity index (χ4v) is 2.87. The third kappa shape index (κ3) is 4.27. The molecule has 0 bridgehead atoms. The summed E-state index contributed by atoms with van der Waals surface area (Å²) >= 11 is 0. The Morgan fingerprint density at radius 3 is 1.81 bits per heavy atom. The molecule has 0 amide bonds. The van der Waals surface area contributed by atoms with Gasteiger partial charge >= 0.3 is 0 Å². The molecule has 0 radical (unpaired) electrons. The summed E-state index contributed by atoms with van der Waals surface area (Å²) in [5.41, 5.74) is 0.301. The topological polar surface area (TPSA) is 58.9 Å². The quantitative estimate of drug-likeness (QED) is 0.836. The molecule has 1 aromatic carbocycles. The predicted molar refractivity (Wildman–Crippen MR) is 82.9 cm³/mol. The van der Waals surface area contributed by atoms with E-state index >= 15 is 0 Å². The molecule has 0 atom stereocenters. The molecule has 0 aromatic heterocycles. The molecule has 2 aliphatic rings. The molecule has 21 heavy (non-hydrogen) atoms. The van der Waals surface area contributed by atoms with Gasteiger partial charge in [-0.2, -0.15) is 0 Å². The summed E-state index contributed by atoms with van der Waals surface area (Å²) in [6.07, 6.45) is 2.96. The van der Waals surface area contributed by atoms with Gasteiger partial charge in [-0.05, 0) is 18.4 Å². The van der Waals surface area contributed by atoms with Gasteiger partial charge in [0.2, 0.25) is 0 Å². The van der Waals surface area contributed by atoms with Crippen molar-refractivity contribution in [1.29, 1.82) is 0 Å². The molecular formula is C17H28O4. The second-order valence-corrected chi connectivity index (χ2v) is 5.01. The zero-order chi connectivity index (χ0) is 15.8. The lowest BCUT2D eigenvalue weighted by atomic mass is 9.77. The second-order valence-electron chi connectivity index (χ2n) is 5.01. The highest BCUT2D eigenvalue weighted by Crippen LogP contribution is 2.44. The van der Waals surface area contributed by atoms with Gasteiger partial charge in [0.1, 0.15) is 0 Å². The minimum Gasteiger partial charge on any atom is -0.400 e. The third-order valence-electron chi connectivity index (χ3n) is 3.96. The van der Waals surface area contributed by atoms with Crippen LogP contribution >= 0.6 is 0 Å². The maximum absolute atomic E-state index is 10.7. The van der Waals surface area contributed by atoms with Gasteiger partial charge in [-0.1, -0.05) is 44.2 Å². The highest BCUT2D eigenvalue weighted by atomic mass is 16.7. The molecule has 3 rings (SSSR count). The van der Waals surface area contributed by atoms with Crippen molar-refractivity contribution in [3.05, 3.63) is 35.9 Å². The molecule has 1 heterocycles. The average Bonchev–Trinajstić information content (AvgIpc) is 3.04. The van der Waals surface area contributed by atoms with E-state index in [2.05, 4.69) is 0 Å². The molecule has 1 aliphatic heterocycles. The molecule has 2 N–H and O–H groups in total. The average molecular weight is 296 g/mol. The Hall–Kier alpha value is -0.940. The van der Waals surface area contributed by atoms with Crippen molar-refractivity contribution in [1.82, 2.24) is 0 Å². The molecule has 1 spiro atoms. The summed E-state index contributed by atoms with van der Waals surface area (Å²) in [7, 11) is 1.00. The first kappa shape index (κ1) is 18.1. The summed E-state index contributed by atoms with van der Waals surface area (Å²) < 4.78 is 11.4. The fourth-order valence-electron chi connectivity index (χ4n) is 2.87. The highest BCUT2D eigenvalue weighted by Gasteiger charge is 2.46. The maximum Gasteiger partial charge on any atom is 0.168 e. The Bertz CT molecular complexity index is 375. The summed E-state index contributed by atoms with van der Waals surface area (Å²) in [5, 5.41) is 17.7. The zero-order valence-electron chi connectivity index (χ0n) is 13.3. The van der Waals surface area contributed by atoms with E-state index in [0.717, 1.165) is 25.5 Å². The molecule has 4 heteroatoms. The molecule has 120 valence electrons. The Balaban J connectivity index is 0.000000510. The van der Waals surface area contributed by atoms with Crippen molar-refractivity contribution < 1.29 is 19.7 Å². The fraction of sp³-hybridized carbons (Fsp3) is 0.647. The second kappa shape index (κ2) is 8.49. The Morgan fingerprint density at radius 1 is 0.857 bits per heavy atom. The minimum absolute atomic E-state index is 0.402. The number of aliphatic hydroxyl groups is 2. The molecule has 1 aliphatic carbocycles. The van der Waals surface area contributed by atoms with Crippen molar-refractivity contribution >= 4 is 0 Å². The molecule has 1 aromatic rings. The number of hydrogen-bond acceptors (Lipinski definition) is 4. The van der Waals surface area contributed by atoms with Gasteiger partial charge in [-0.15, -0.1) is 0 Å². The van der Waals surface area contributed by atoms with Gasteiger partial charge in [0.15, 0.2) is 5.79 Å². The van der Waals surface area contributed by atoms with Crippen LogP contribution in [0.1, 0.15) is 45.1 Å². The molecule has 0 unspecified atom stereocenters. The molecule has 1 saturated heterocycles. The van der Waals surface area contributed by atoms with Crippen molar-refractivity contribution in [3.63, 3.8) is 0 Å². The van der Waals surface area contributed by atoms with E-state index in [9.17, 15) is 5.11 Å². The van der Waals surface area contributed by atoms with Gasteiger partial charge in [0, 0.05) is 20.0 Å². The molecule has 2 fully saturated rings. The van der Waals surface area contributed by atoms with Crippen LogP contribution in [-0.4, -0.2) is 36.3 Å². The van der Waals surface area contributed by atoms with Crippen LogP contribution in [0, 0.1) is 0 Å². The van der Waals surface area contributed by atoms with Gasteiger partial charge in [0.25, 0.3) is 0 Å². The smallest absolute Gasteiger partial charge is 0.168 e. The SMILES string of the molecule is CC.CO.OC1(c2ccccc2)CCC2(CC1)OCCO2. The van der Waals surface area contributed by atoms with Crippen LogP contribution in [0.25, 0.3) is 0 Å². The van der Waals surface area contributed by atoms with Crippen molar-refractivity contribution in [2.45, 2.75) is 50.9 Å². The first-order valence-corrected chi connectivity index (χ1v) is 7.73. The molecule has 4 nitrogen and oxygen atoms in total. The zero-order valence-corrected chi connectivity index (χ0v) is 13.3. The number of rotatable bonds is 1. The van der Waals surface area contributed by atoms with E-state index in [1.807, 2.05) is 44.2 Å². The summed E-state index contributed by atoms with van der Waals surface area (Å²) in [4.78, 5) is 0. The van der Waals surface area contributed by atoms with E-state index in [1.165, 1.54) is 0 Å². The summed E-state index contributed by atoms with van der Waals surface area (Å²) in [5.74, 6) is -0.402. The Kier molecular flexibility index (Phi) is 7.32. The lowest BCUT2D eigenvalue weighted by Crippen LogP contribution is -2.42. The van der Waals surface area contributed by atoms with Crippen LogP contribution in [0.2, 0.25) is 0 Å². The Labute approximate surface area is 127 Å². The van der Waals surface area contributed by atoms with Gasteiger partial charge < -0.3 is 19.7 Å². The van der Waals surface area contributed by atoms with Crippen molar-refractivity contribution in [2.24, 2.45) is 0 Å². The first-order chi connectivity index (χ1) is 10.2. The molecule has 1 saturated carbocycles. The summed E-state index contributed by atoms with van der Waals surface area (Å²) in [6, 6.07) is 9.91. The van der Waals surface area contributed by atoms with Crippen LogP contribution in [-0.2, 0) is 15.1 Å². The highest BCUT2D eigenvalue weighted by molar-refractivity contribution is 5.23. The largest absolute Gasteiger partial charge is 0.400 e. The van der Waals surface area contributed by atoms with E-state index in [1.54, 1.807) is 0 Å². The Morgan fingerprint density at radius 2 is 1.33 bits per heavy atom. The standard InChI is InChI=1S/C14H18O3.C2H6.CH4O/c15-13(12-4-2-1-3-5-12)6-8-14(9-7-13)16-10-11-17-14;2*1-2/h1-5,15H,6-11H2;1-2H3;2H,1H3. The van der Waals surface area contributed by atoms with E-state index in [4.69, 9.17) is 14.6 Å². The van der Waals surface area contributed by atoms with Crippen LogP contribution in [0.15, 0.2) is 30.3 Å². The van der Waals surface area contributed by atoms with E-state index in [0.29, 0.717) is 26.1 Å². The van der Waals surface area contributed by atoms with Crippen molar-refractivity contribution in [2.75, 3.05) is 20.3 Å². The van der Waals surface area contributed by atoms with Crippen LogP contribution in [0.3, 0.4) is 0 Å². The van der Waals surface area contributed by atoms with E-state index < -0.39 is 11.4 Å². The number of aliphatic hydroxyl groups excluding tert-OH is 1.